The molecule has 1 aromatic carbocycles. The van der Waals surface area contributed by atoms with E-state index in [4.69, 9.17) is 11.6 Å². The van der Waals surface area contributed by atoms with Crippen LogP contribution in [-0.2, 0) is 10.0 Å². The maximum Gasteiger partial charge on any atom is 0.305 e. The highest BCUT2D eigenvalue weighted by Crippen LogP contribution is 2.26. The average molecular weight is 447 g/mol. The Kier molecular flexibility index (Phi) is 5.57. The minimum atomic E-state index is -3.83. The number of amides is 1. The van der Waals surface area contributed by atoms with Gasteiger partial charge < -0.3 is 9.88 Å². The van der Waals surface area contributed by atoms with Crippen LogP contribution in [0.3, 0.4) is 0 Å². The number of H-pyrrole nitrogens is 1. The SMILES string of the molecule is Cc1[nH]c(=O)sc1S(=O)(=O)N1CCN(C(=O)c2ccc([N+](=O)[O-])cc2Cl)CC1. The van der Waals surface area contributed by atoms with E-state index in [9.17, 15) is 28.1 Å². The van der Waals surface area contributed by atoms with E-state index in [1.807, 2.05) is 0 Å². The molecular formula is C15H15ClN4O6S2. The number of aromatic amines is 1. The van der Waals surface area contributed by atoms with Crippen LogP contribution in [0.2, 0.25) is 5.02 Å². The second kappa shape index (κ2) is 7.62. The number of thiazole rings is 1. The number of halogens is 1. The van der Waals surface area contributed by atoms with E-state index in [1.165, 1.54) is 28.3 Å². The van der Waals surface area contributed by atoms with Crippen molar-refractivity contribution in [3.05, 3.63) is 54.3 Å². The van der Waals surface area contributed by atoms with E-state index in [1.54, 1.807) is 0 Å². The first-order valence-electron chi connectivity index (χ1n) is 8.04. The Morgan fingerprint density at radius 2 is 1.93 bits per heavy atom. The summed E-state index contributed by atoms with van der Waals surface area (Å²) in [5.74, 6) is -0.431. The summed E-state index contributed by atoms with van der Waals surface area (Å²) < 4.78 is 26.6. The topological polar surface area (TPSA) is 134 Å². The van der Waals surface area contributed by atoms with Crippen LogP contribution in [0.5, 0.6) is 0 Å². The van der Waals surface area contributed by atoms with Crippen LogP contribution < -0.4 is 4.87 Å². The number of carbonyl (C=O) groups excluding carboxylic acids is 1. The second-order valence-corrected chi connectivity index (χ2v) is 9.57. The molecule has 1 N–H and O–H groups in total. The highest BCUT2D eigenvalue weighted by atomic mass is 35.5. The monoisotopic (exact) mass is 446 g/mol. The van der Waals surface area contributed by atoms with Gasteiger partial charge in [0, 0.05) is 44.0 Å². The summed E-state index contributed by atoms with van der Waals surface area (Å²) in [4.78, 5) is 37.7. The van der Waals surface area contributed by atoms with E-state index in [0.29, 0.717) is 11.3 Å². The first-order valence-corrected chi connectivity index (χ1v) is 10.7. The normalized spacial score (nSPS) is 15.6. The molecule has 0 radical (unpaired) electrons. The zero-order valence-electron chi connectivity index (χ0n) is 14.5. The number of sulfonamides is 1. The van der Waals surface area contributed by atoms with Crippen molar-refractivity contribution < 1.29 is 18.1 Å². The third-order valence-electron chi connectivity index (χ3n) is 4.28. The summed E-state index contributed by atoms with van der Waals surface area (Å²) in [6.07, 6.45) is 0. The van der Waals surface area contributed by atoms with Crippen LogP contribution in [-0.4, -0.2) is 59.6 Å². The van der Waals surface area contributed by atoms with Crippen molar-refractivity contribution in [3.63, 3.8) is 0 Å². The van der Waals surface area contributed by atoms with Gasteiger partial charge in [-0.15, -0.1) is 0 Å². The van der Waals surface area contributed by atoms with Crippen molar-refractivity contribution in [2.45, 2.75) is 11.1 Å². The van der Waals surface area contributed by atoms with E-state index in [-0.39, 0.29) is 52.4 Å². The van der Waals surface area contributed by atoms with Gasteiger partial charge in [0.15, 0.2) is 4.21 Å². The van der Waals surface area contributed by atoms with Crippen LogP contribution >= 0.6 is 22.9 Å². The van der Waals surface area contributed by atoms with Gasteiger partial charge >= 0.3 is 4.87 Å². The lowest BCUT2D eigenvalue weighted by Crippen LogP contribution is -2.50. The molecule has 1 saturated heterocycles. The molecule has 150 valence electrons. The molecular weight excluding hydrogens is 432 g/mol. The van der Waals surface area contributed by atoms with Crippen molar-refractivity contribution in [1.29, 1.82) is 0 Å². The predicted octanol–water partition coefficient (Wildman–Crippen LogP) is 1.45. The Morgan fingerprint density at radius 3 is 2.43 bits per heavy atom. The largest absolute Gasteiger partial charge is 0.336 e. The molecule has 0 saturated carbocycles. The highest BCUT2D eigenvalue weighted by Gasteiger charge is 2.33. The minimum Gasteiger partial charge on any atom is -0.336 e. The van der Waals surface area contributed by atoms with Crippen LogP contribution in [0.15, 0.2) is 27.2 Å². The van der Waals surface area contributed by atoms with Crippen molar-refractivity contribution >= 4 is 44.6 Å². The molecule has 2 heterocycles. The van der Waals surface area contributed by atoms with Gasteiger partial charge in [-0.1, -0.05) is 22.9 Å². The first-order chi connectivity index (χ1) is 13.1. The second-order valence-electron chi connectivity index (χ2n) is 6.04. The quantitative estimate of drug-likeness (QED) is 0.558. The number of piperazine rings is 1. The number of nitro groups is 1. The summed E-state index contributed by atoms with van der Waals surface area (Å²) in [6.45, 7) is 1.89. The van der Waals surface area contributed by atoms with Gasteiger partial charge in [-0.3, -0.25) is 19.7 Å². The third-order valence-corrected chi connectivity index (χ3v) is 8.07. The first kappa shape index (κ1) is 20.5. The molecule has 1 amide bonds. The summed E-state index contributed by atoms with van der Waals surface area (Å²) in [6, 6.07) is 3.58. The molecule has 0 spiro atoms. The molecule has 10 nitrogen and oxygen atoms in total. The van der Waals surface area contributed by atoms with Gasteiger partial charge in [0.1, 0.15) is 0 Å². The van der Waals surface area contributed by atoms with Gasteiger partial charge in [0.05, 0.1) is 15.5 Å². The molecule has 1 aliphatic heterocycles. The Hall–Kier alpha value is -2.28. The fraction of sp³-hybridized carbons (Fsp3) is 0.333. The van der Waals surface area contributed by atoms with Crippen LogP contribution in [0.1, 0.15) is 16.1 Å². The standard InChI is InChI=1S/C15H15ClN4O6S2/c1-9-14(27-15(22)17-9)28(25,26)19-6-4-18(5-7-19)13(21)11-3-2-10(20(23)24)8-12(11)16/h2-3,8H,4-7H2,1H3,(H,17,22). The van der Waals surface area contributed by atoms with Gasteiger partial charge in [0.2, 0.25) is 0 Å². The smallest absolute Gasteiger partial charge is 0.305 e. The fourth-order valence-corrected chi connectivity index (χ4v) is 5.96. The number of nitro benzene ring substituents is 1. The number of rotatable bonds is 4. The minimum absolute atomic E-state index is 0.0318. The van der Waals surface area contributed by atoms with Crippen LogP contribution in [0, 0.1) is 17.0 Å². The number of nitrogens with zero attached hydrogens (tertiary/aromatic N) is 3. The number of aryl methyl sites for hydroxylation is 1. The highest BCUT2D eigenvalue weighted by molar-refractivity contribution is 7.91. The molecule has 1 aliphatic rings. The van der Waals surface area contributed by atoms with E-state index in [2.05, 4.69) is 4.98 Å². The predicted molar refractivity (Wildman–Crippen MR) is 102 cm³/mol. The number of hydrogen-bond acceptors (Lipinski definition) is 7. The lowest BCUT2D eigenvalue weighted by atomic mass is 10.1. The summed E-state index contributed by atoms with van der Waals surface area (Å²) in [7, 11) is -3.83. The molecule has 0 bridgehead atoms. The molecule has 3 rings (SSSR count). The maximum absolute atomic E-state index is 12.7. The molecule has 1 fully saturated rings. The third kappa shape index (κ3) is 3.81. The van der Waals surface area contributed by atoms with Crippen molar-refractivity contribution in [3.8, 4) is 0 Å². The summed E-state index contributed by atoms with van der Waals surface area (Å²) >= 11 is 6.63. The van der Waals surface area contributed by atoms with Crippen LogP contribution in [0.4, 0.5) is 5.69 Å². The fourth-order valence-electron chi connectivity index (χ4n) is 2.85. The molecule has 28 heavy (non-hydrogen) atoms. The van der Waals surface area contributed by atoms with Crippen molar-refractivity contribution in [1.82, 2.24) is 14.2 Å². The Morgan fingerprint density at radius 1 is 1.29 bits per heavy atom. The average Bonchev–Trinajstić information content (AvgIpc) is 3.00. The zero-order valence-corrected chi connectivity index (χ0v) is 16.9. The molecule has 2 aromatic rings. The molecule has 0 aliphatic carbocycles. The van der Waals surface area contributed by atoms with E-state index >= 15 is 0 Å². The van der Waals surface area contributed by atoms with Gasteiger partial charge in [-0.05, 0) is 13.0 Å². The van der Waals surface area contributed by atoms with Gasteiger partial charge in [-0.2, -0.15) is 4.31 Å². The van der Waals surface area contributed by atoms with Crippen molar-refractivity contribution in [2.75, 3.05) is 26.2 Å². The Balaban J connectivity index is 1.73. The van der Waals surface area contributed by atoms with E-state index in [0.717, 1.165) is 6.07 Å². The lowest BCUT2D eigenvalue weighted by molar-refractivity contribution is -0.384. The number of aromatic nitrogens is 1. The van der Waals surface area contributed by atoms with Crippen LogP contribution in [0.25, 0.3) is 0 Å². The summed E-state index contributed by atoms with van der Waals surface area (Å²) in [5.41, 5.74) is 0.174. The number of nitrogens with one attached hydrogen (secondary N) is 1. The maximum atomic E-state index is 12.7. The zero-order chi connectivity index (χ0) is 20.6. The number of benzene rings is 1. The van der Waals surface area contributed by atoms with Gasteiger partial charge in [-0.25, -0.2) is 8.42 Å². The Bertz CT molecular complexity index is 1100. The number of carbonyl (C=O) groups is 1. The Labute approximate surface area is 168 Å². The van der Waals surface area contributed by atoms with Gasteiger partial charge in [0.25, 0.3) is 21.6 Å². The van der Waals surface area contributed by atoms with E-state index < -0.39 is 25.7 Å². The number of non-ortho nitro benzene ring substituents is 1. The van der Waals surface area contributed by atoms with Crippen molar-refractivity contribution in [2.24, 2.45) is 0 Å². The number of hydrogen-bond donors (Lipinski definition) is 1. The lowest BCUT2D eigenvalue weighted by Gasteiger charge is -2.33. The molecule has 13 heteroatoms. The molecule has 0 atom stereocenters. The molecule has 0 unspecified atom stereocenters. The molecule has 1 aromatic heterocycles. The summed E-state index contributed by atoms with van der Waals surface area (Å²) in [5, 5.41) is 10.7.